The monoisotopic (exact) mass is 493 g/mol. The number of aliphatic hydroxyl groups excluding tert-OH is 1. The van der Waals surface area contributed by atoms with Crippen LogP contribution in [0, 0.1) is 6.92 Å². The van der Waals surface area contributed by atoms with Gasteiger partial charge in [0, 0.05) is 39.2 Å². The highest BCUT2D eigenvalue weighted by molar-refractivity contribution is 7.16. The lowest BCUT2D eigenvalue weighted by Gasteiger charge is -2.32. The van der Waals surface area contributed by atoms with E-state index in [0.717, 1.165) is 51.2 Å². The molecule has 9 nitrogen and oxygen atoms in total. The second-order valence-electron chi connectivity index (χ2n) is 9.01. The number of nitrogens with one attached hydrogen (secondary N) is 1. The summed E-state index contributed by atoms with van der Waals surface area (Å²) in [6.07, 6.45) is 0.600. The lowest BCUT2D eigenvalue weighted by molar-refractivity contribution is -0.131. The number of β-amino-alcohol motifs (C(OH)–C–C–N with tert-alkyl or cyclic N) is 1. The number of aliphatic hydroxyl groups is 1. The van der Waals surface area contributed by atoms with E-state index in [-0.39, 0.29) is 29.3 Å². The molecule has 1 aliphatic rings. The van der Waals surface area contributed by atoms with Gasteiger partial charge in [0.05, 0.1) is 28.8 Å². The molecule has 0 unspecified atom stereocenters. The predicted molar refractivity (Wildman–Crippen MR) is 133 cm³/mol. The van der Waals surface area contributed by atoms with Crippen LogP contribution >= 0.6 is 11.3 Å². The maximum absolute atomic E-state index is 13.4. The van der Waals surface area contributed by atoms with Crippen molar-refractivity contribution in [2.45, 2.75) is 31.9 Å². The van der Waals surface area contributed by atoms with E-state index in [2.05, 4.69) is 20.0 Å². The molecular weight excluding hydrogens is 466 g/mol. The van der Waals surface area contributed by atoms with Gasteiger partial charge in [-0.1, -0.05) is 40.8 Å². The average molecular weight is 494 g/mol. The number of fused-ring (bicyclic) bond motifs is 1. The molecular formula is C25H27N5O4S. The number of aryl methyl sites for hydroxylation is 1. The Morgan fingerprint density at radius 1 is 1.34 bits per heavy atom. The second kappa shape index (κ2) is 9.73. The fourth-order valence-corrected chi connectivity index (χ4v) is 5.27. The fraction of sp³-hybridized carbons (Fsp3) is 0.360. The second-order valence-corrected chi connectivity index (χ2v) is 10.0. The first-order valence-electron chi connectivity index (χ1n) is 11.5. The van der Waals surface area contributed by atoms with E-state index in [1.165, 1.54) is 0 Å². The number of hydrogen-bond acceptors (Lipinski definition) is 8. The smallest absolute Gasteiger partial charge is 0.305 e. The summed E-state index contributed by atoms with van der Waals surface area (Å²) in [5, 5.41) is 14.1. The number of thiazole rings is 1. The summed E-state index contributed by atoms with van der Waals surface area (Å²) >= 11 is 1.16. The third-order valence-corrected chi connectivity index (χ3v) is 7.30. The van der Waals surface area contributed by atoms with Crippen molar-refractivity contribution in [1.82, 2.24) is 24.9 Å². The summed E-state index contributed by atoms with van der Waals surface area (Å²) in [4.78, 5) is 36.1. The Morgan fingerprint density at radius 2 is 2.20 bits per heavy atom. The van der Waals surface area contributed by atoms with Gasteiger partial charge in [-0.2, -0.15) is 4.98 Å². The quantitative estimate of drug-likeness (QED) is 0.407. The first-order chi connectivity index (χ1) is 16.9. The van der Waals surface area contributed by atoms with E-state index in [1.807, 2.05) is 49.5 Å². The van der Waals surface area contributed by atoms with Crippen LogP contribution in [0.3, 0.4) is 0 Å². The zero-order valence-electron chi connectivity index (χ0n) is 19.6. The van der Waals surface area contributed by atoms with Crippen LogP contribution in [-0.4, -0.2) is 68.7 Å². The molecule has 4 aromatic rings. The van der Waals surface area contributed by atoms with Gasteiger partial charge in [-0.3, -0.25) is 14.5 Å². The Kier molecular flexibility index (Phi) is 6.50. The molecule has 2 aromatic carbocycles. The van der Waals surface area contributed by atoms with Crippen LogP contribution in [0.5, 0.6) is 0 Å². The first-order valence-corrected chi connectivity index (χ1v) is 12.4. The normalized spacial score (nSPS) is 17.2. The molecule has 182 valence electrons. The van der Waals surface area contributed by atoms with Gasteiger partial charge >= 0.3 is 4.87 Å². The van der Waals surface area contributed by atoms with E-state index < -0.39 is 0 Å². The largest absolute Gasteiger partial charge is 0.392 e. The number of hydrogen-bond donors (Lipinski definition) is 2. The number of likely N-dealkylation sites (N-methyl/N-ethyl adjacent to an activating group) is 1. The molecule has 3 heterocycles. The number of benzene rings is 2. The van der Waals surface area contributed by atoms with Gasteiger partial charge in [0.25, 0.3) is 0 Å². The molecule has 0 aliphatic carbocycles. The molecule has 1 amide bonds. The number of rotatable bonds is 7. The van der Waals surface area contributed by atoms with E-state index >= 15 is 0 Å². The zero-order valence-corrected chi connectivity index (χ0v) is 20.4. The van der Waals surface area contributed by atoms with Crippen LogP contribution in [0.15, 0.2) is 51.8 Å². The van der Waals surface area contributed by atoms with E-state index in [9.17, 15) is 14.7 Å². The van der Waals surface area contributed by atoms with Crippen LogP contribution in [0.25, 0.3) is 21.6 Å². The Bertz CT molecular complexity index is 1410. The van der Waals surface area contributed by atoms with Crippen molar-refractivity contribution in [2.24, 2.45) is 0 Å². The minimum absolute atomic E-state index is 0.0347. The molecule has 1 aliphatic heterocycles. The van der Waals surface area contributed by atoms with Gasteiger partial charge in [0.1, 0.15) is 0 Å². The molecule has 2 aromatic heterocycles. The molecule has 2 N–H and O–H groups in total. The number of likely N-dealkylation sites (tertiary alicyclic amines) is 1. The van der Waals surface area contributed by atoms with Crippen molar-refractivity contribution in [3.05, 3.63) is 69.1 Å². The van der Waals surface area contributed by atoms with Crippen LogP contribution in [0.1, 0.15) is 29.5 Å². The Hall–Kier alpha value is -3.34. The number of amides is 1. The van der Waals surface area contributed by atoms with Crippen molar-refractivity contribution in [1.29, 1.82) is 0 Å². The van der Waals surface area contributed by atoms with Crippen molar-refractivity contribution in [3.63, 3.8) is 0 Å². The minimum Gasteiger partial charge on any atom is -0.392 e. The van der Waals surface area contributed by atoms with Gasteiger partial charge in [-0.05, 0) is 35.7 Å². The Morgan fingerprint density at radius 3 is 2.94 bits per heavy atom. The van der Waals surface area contributed by atoms with E-state index in [4.69, 9.17) is 4.52 Å². The summed E-state index contributed by atoms with van der Waals surface area (Å²) in [7, 11) is 1.82. The van der Waals surface area contributed by atoms with Crippen molar-refractivity contribution < 1.29 is 14.4 Å². The molecule has 0 saturated carbocycles. The van der Waals surface area contributed by atoms with E-state index in [1.54, 1.807) is 11.8 Å². The van der Waals surface area contributed by atoms with Crippen molar-refractivity contribution >= 4 is 27.5 Å². The maximum atomic E-state index is 13.4. The molecule has 5 rings (SSSR count). The summed E-state index contributed by atoms with van der Waals surface area (Å²) in [6.45, 7) is 3.72. The number of carbonyl (C=O) groups is 1. The zero-order chi connectivity index (χ0) is 24.5. The molecule has 0 spiro atoms. The molecule has 0 bridgehead atoms. The average Bonchev–Trinajstić information content (AvgIpc) is 3.56. The van der Waals surface area contributed by atoms with Crippen LogP contribution in [0.4, 0.5) is 0 Å². The van der Waals surface area contributed by atoms with Gasteiger partial charge in [-0.25, -0.2) is 0 Å². The first kappa shape index (κ1) is 23.4. The Balaban J connectivity index is 1.41. The molecule has 1 fully saturated rings. The van der Waals surface area contributed by atoms with Crippen LogP contribution in [0.2, 0.25) is 0 Å². The van der Waals surface area contributed by atoms with Gasteiger partial charge in [-0.15, -0.1) is 0 Å². The highest BCUT2D eigenvalue weighted by Crippen LogP contribution is 2.28. The minimum atomic E-state index is -0.343. The molecule has 2 atom stereocenters. The maximum Gasteiger partial charge on any atom is 0.305 e. The number of nitrogens with zero attached hydrogens (tertiary/aromatic N) is 4. The molecule has 0 radical (unpaired) electrons. The van der Waals surface area contributed by atoms with Gasteiger partial charge in [0.2, 0.25) is 17.6 Å². The summed E-state index contributed by atoms with van der Waals surface area (Å²) in [6, 6.07) is 13.2. The standard InChI is InChI=1S/C25H27N5O4S/c1-15-26-24(28-34-15)18-5-3-4-17(12-18)21(14-30-9-8-19(31)13-30)29(2)23(32)11-16-6-7-22-20(10-16)27-25(33)35-22/h3-7,10,12,19,21,31H,8-9,11,13-14H2,1-2H3,(H,27,33)/t19-,21+/m0/s1. The summed E-state index contributed by atoms with van der Waals surface area (Å²) in [5.74, 6) is 0.962. The molecule has 10 heteroatoms. The topological polar surface area (TPSA) is 116 Å². The number of aromatic amines is 1. The highest BCUT2D eigenvalue weighted by Gasteiger charge is 2.28. The van der Waals surface area contributed by atoms with Crippen molar-refractivity contribution in [3.8, 4) is 11.4 Å². The Labute approximate surface area is 206 Å². The fourth-order valence-electron chi connectivity index (χ4n) is 4.56. The number of aromatic nitrogens is 3. The lowest BCUT2D eigenvalue weighted by atomic mass is 10.0. The molecule has 35 heavy (non-hydrogen) atoms. The highest BCUT2D eigenvalue weighted by atomic mass is 32.1. The summed E-state index contributed by atoms with van der Waals surface area (Å²) in [5.41, 5.74) is 3.37. The van der Waals surface area contributed by atoms with Gasteiger partial charge in [0.15, 0.2) is 0 Å². The van der Waals surface area contributed by atoms with E-state index in [0.29, 0.717) is 24.8 Å². The lowest BCUT2D eigenvalue weighted by Crippen LogP contribution is -2.39. The van der Waals surface area contributed by atoms with Crippen LogP contribution < -0.4 is 4.87 Å². The SMILES string of the molecule is Cc1nc(-c2cccc([C@@H](CN3CC[C@H](O)C3)N(C)C(=O)Cc3ccc4sc(=O)[nH]c4c3)c2)no1. The van der Waals surface area contributed by atoms with Gasteiger partial charge < -0.3 is 19.5 Å². The van der Waals surface area contributed by atoms with Crippen LogP contribution in [-0.2, 0) is 11.2 Å². The number of carbonyl (C=O) groups excluding carboxylic acids is 1. The molecule has 1 saturated heterocycles. The summed E-state index contributed by atoms with van der Waals surface area (Å²) < 4.78 is 6.01. The van der Waals surface area contributed by atoms with Crippen molar-refractivity contribution in [2.75, 3.05) is 26.7 Å². The third kappa shape index (κ3) is 5.19. The third-order valence-electron chi connectivity index (χ3n) is 6.44. The number of H-pyrrole nitrogens is 1. The predicted octanol–water partition coefficient (Wildman–Crippen LogP) is 2.76.